The van der Waals surface area contributed by atoms with Gasteiger partial charge in [0.2, 0.25) is 0 Å². The number of para-hydroxylation sites is 6. The van der Waals surface area contributed by atoms with Crippen LogP contribution in [0.4, 0.5) is 0 Å². The number of rotatable bonds is 0. The van der Waals surface area contributed by atoms with Gasteiger partial charge in [-0.15, -0.1) is 0 Å². The average Bonchev–Trinajstić information content (AvgIpc) is 0.718. The van der Waals surface area contributed by atoms with E-state index in [4.69, 9.17) is 66.3 Å². The molecule has 0 spiro atoms. The van der Waals surface area contributed by atoms with E-state index in [1.54, 1.807) is 0 Å². The van der Waals surface area contributed by atoms with Crippen LogP contribution in [-0.2, 0) is 0 Å². The summed E-state index contributed by atoms with van der Waals surface area (Å²) in [6.07, 6.45) is 0. The number of aryl methyl sites for hydroxylation is 6. The highest BCUT2D eigenvalue weighted by molar-refractivity contribution is 7.02. The van der Waals surface area contributed by atoms with Crippen molar-refractivity contribution in [3.63, 3.8) is 0 Å². The zero-order valence-corrected chi connectivity index (χ0v) is 73.5. The van der Waals surface area contributed by atoms with Crippen molar-refractivity contribution in [1.29, 1.82) is 0 Å². The standard InChI is InChI=1S/2C19H11BO3.4C19H13BO2/c1-10-8-15-19-16(9-10)23-14-7-3-5-12-18(14)20(19)17-11(21-12)4-2-6-13(17)22-15;1-10-8-9-15-18-19(10)23-14-7-3-6-13-17(14)20(18)16-11(21-13)4-2-5-12(16)22-15;1-12-10-11-17-18-19(12)22-16-9-5-3-7-14(16)20(18)13-6-2-4-8-15(13)21-17;1-12-6-4-8-14-19(12)22-17-11-5-10-16-18(17)20(14)13-7-2-3-9-15(13)21-16;1-12-9-10-16-14(11-12)20-13-5-2-3-6-15(13)21-17-7-4-8-18(22-16)19(17)20;1-12-9-10-14-18(11-12)22-17-8-4-7-16-19(17)20(14)13-5-2-3-6-15(13)21-16/h2*2-9H,1H3;4*2-11H,1H3. The molecule has 32 rings (SSSR count). The molecule has 0 N–H and O–H groups in total. The monoisotopic (exact) mass is 1730 g/mol. The van der Waals surface area contributed by atoms with Gasteiger partial charge in [-0.05, 0) is 265 Å². The summed E-state index contributed by atoms with van der Waals surface area (Å²) in [7, 11) is 0. The summed E-state index contributed by atoms with van der Waals surface area (Å²) in [5.41, 5.74) is 27.9. The first kappa shape index (κ1) is 77.5. The lowest BCUT2D eigenvalue weighted by Gasteiger charge is -2.37. The van der Waals surface area contributed by atoms with Crippen LogP contribution in [-0.4, -0.2) is 40.3 Å². The summed E-state index contributed by atoms with van der Waals surface area (Å²) in [5, 5.41) is 0. The maximum absolute atomic E-state index is 6.22. The van der Waals surface area contributed by atoms with E-state index >= 15 is 0 Å². The van der Waals surface area contributed by atoms with Crippen LogP contribution in [0.1, 0.15) is 33.4 Å². The van der Waals surface area contributed by atoms with Crippen LogP contribution in [0.2, 0.25) is 0 Å². The molecule has 134 heavy (non-hydrogen) atoms. The highest BCUT2D eigenvalue weighted by Gasteiger charge is 2.51. The van der Waals surface area contributed by atoms with Crippen molar-refractivity contribution in [2.45, 2.75) is 41.5 Å². The SMILES string of the molecule is Cc1cc2c3c(c1)Oc1cccc4c1B3c1c(cccc1O2)O4.Cc1ccc2c(c1)B1c3ccccc3Oc3cccc(c31)O2.Cc1ccc2c(c1)Oc1cccc3c1B2c1ccccc1O3.Cc1ccc2c3c1Oc1cccc4c1B3c1c(cccc1O2)O4.Cc1ccc2c3c1Oc1ccccc1B3c1ccccc1O2.Cc1cccc2c1Oc1cccc3c1B2c1ccccc1O3. The van der Waals surface area contributed by atoms with Crippen LogP contribution in [0, 0.1) is 41.5 Å². The fourth-order valence-electron chi connectivity index (χ4n) is 21.9. The molecule has 0 aromatic heterocycles. The van der Waals surface area contributed by atoms with Crippen molar-refractivity contribution < 1.29 is 66.3 Å². The number of ether oxygens (including phenoxy) is 14. The fourth-order valence-corrected chi connectivity index (χ4v) is 21.9. The van der Waals surface area contributed by atoms with E-state index < -0.39 is 0 Å². The topological polar surface area (TPSA) is 129 Å². The smallest absolute Gasteiger partial charge is 0.270 e. The molecule has 0 saturated heterocycles. The zero-order valence-electron chi connectivity index (χ0n) is 73.5. The molecule has 18 aromatic carbocycles. The summed E-state index contributed by atoms with van der Waals surface area (Å²) >= 11 is 0. The van der Waals surface area contributed by atoms with E-state index in [1.165, 1.54) is 54.8 Å². The second-order valence-electron chi connectivity index (χ2n) is 35.9. The van der Waals surface area contributed by atoms with Crippen molar-refractivity contribution in [1.82, 2.24) is 0 Å². The summed E-state index contributed by atoms with van der Waals surface area (Å²) in [4.78, 5) is 0. The number of fused-ring (bicyclic) bond motifs is 16. The first-order valence-electron chi connectivity index (χ1n) is 45.5. The Hall–Kier alpha value is -16.5. The molecule has 18 aromatic rings. The van der Waals surface area contributed by atoms with Gasteiger partial charge in [0.05, 0.1) is 0 Å². The van der Waals surface area contributed by atoms with Crippen LogP contribution in [0.15, 0.2) is 340 Å². The molecule has 0 fully saturated rings. The van der Waals surface area contributed by atoms with Gasteiger partial charge in [-0.25, -0.2) is 0 Å². The lowest BCUT2D eigenvalue weighted by Crippen LogP contribution is -2.59. The van der Waals surface area contributed by atoms with Gasteiger partial charge in [-0.3, -0.25) is 0 Å². The third-order valence-electron chi connectivity index (χ3n) is 27.7. The molecule has 0 atom stereocenters. The Bertz CT molecular complexity index is 7890. The molecule has 0 aliphatic carbocycles. The lowest BCUT2D eigenvalue weighted by molar-refractivity contribution is 0.441. The molecule has 0 saturated carbocycles. The molecule has 0 unspecified atom stereocenters. The largest absolute Gasteiger partial charge is 0.458 e. The van der Waals surface area contributed by atoms with Gasteiger partial charge in [0, 0.05) is 54.6 Å². The maximum atomic E-state index is 6.22. The molecular formula is C114H74B6O14. The summed E-state index contributed by atoms with van der Waals surface area (Å²) in [5.74, 6) is 25.3. The molecule has 0 radical (unpaired) electrons. The molecular weight excluding hydrogens is 1660 g/mol. The van der Waals surface area contributed by atoms with Crippen LogP contribution in [0.3, 0.4) is 0 Å². The normalized spacial score (nSPS) is 13.7. The van der Waals surface area contributed by atoms with Gasteiger partial charge < -0.3 is 66.3 Å². The van der Waals surface area contributed by atoms with Gasteiger partial charge in [-0.1, -0.05) is 194 Å². The highest BCUT2D eigenvalue weighted by Crippen LogP contribution is 2.47. The van der Waals surface area contributed by atoms with Gasteiger partial charge in [0.15, 0.2) is 0 Å². The summed E-state index contributed by atoms with van der Waals surface area (Å²) in [6.45, 7) is 13.5. The van der Waals surface area contributed by atoms with Crippen LogP contribution in [0.25, 0.3) is 0 Å². The number of hydrogen-bond donors (Lipinski definition) is 0. The molecule has 14 heterocycles. The Kier molecular flexibility index (Phi) is 17.4. The van der Waals surface area contributed by atoms with Gasteiger partial charge in [0.25, 0.3) is 40.3 Å². The fraction of sp³-hybridized carbons (Fsp3) is 0.0526. The van der Waals surface area contributed by atoms with Gasteiger partial charge in [0.1, 0.15) is 161 Å². The third kappa shape index (κ3) is 12.1. The summed E-state index contributed by atoms with van der Waals surface area (Å²) in [6, 6.07) is 115. The van der Waals surface area contributed by atoms with Crippen molar-refractivity contribution >= 4 is 139 Å². The minimum Gasteiger partial charge on any atom is -0.458 e. The van der Waals surface area contributed by atoms with Gasteiger partial charge in [-0.2, -0.15) is 0 Å². The number of hydrogen-bond acceptors (Lipinski definition) is 14. The number of benzene rings is 18. The van der Waals surface area contributed by atoms with Crippen LogP contribution in [0.5, 0.6) is 161 Å². The van der Waals surface area contributed by atoms with Crippen LogP contribution >= 0.6 is 0 Å². The minimum atomic E-state index is 0.119. The molecule has 20 heteroatoms. The molecule has 0 bridgehead atoms. The van der Waals surface area contributed by atoms with E-state index in [0.29, 0.717) is 0 Å². The van der Waals surface area contributed by atoms with E-state index in [2.05, 4.69) is 187 Å². The average molecular weight is 1730 g/mol. The van der Waals surface area contributed by atoms with E-state index in [0.717, 1.165) is 238 Å². The van der Waals surface area contributed by atoms with Crippen molar-refractivity contribution in [3.8, 4) is 161 Å². The predicted octanol–water partition coefficient (Wildman–Crippen LogP) is 16.5. The van der Waals surface area contributed by atoms with E-state index in [1.807, 2.05) is 194 Å². The van der Waals surface area contributed by atoms with Crippen molar-refractivity contribution in [2.75, 3.05) is 0 Å². The Balaban J connectivity index is 0.0000000819. The lowest BCUT2D eigenvalue weighted by atomic mass is 9.34. The molecule has 14 aliphatic rings. The Morgan fingerprint density at radius 1 is 0.127 bits per heavy atom. The Morgan fingerprint density at radius 2 is 0.343 bits per heavy atom. The second kappa shape index (κ2) is 30.1. The Labute approximate surface area is 775 Å². The Morgan fingerprint density at radius 3 is 0.754 bits per heavy atom. The first-order valence-corrected chi connectivity index (χ1v) is 45.5. The maximum Gasteiger partial charge on any atom is 0.270 e. The minimum absolute atomic E-state index is 0.119. The van der Waals surface area contributed by atoms with Crippen molar-refractivity contribution in [2.24, 2.45) is 0 Å². The van der Waals surface area contributed by atoms with E-state index in [-0.39, 0.29) is 40.3 Å². The highest BCUT2D eigenvalue weighted by atomic mass is 16.5. The molecule has 14 nitrogen and oxygen atoms in total. The quantitative estimate of drug-likeness (QED) is 0.134. The summed E-state index contributed by atoms with van der Waals surface area (Å²) < 4.78 is 85.9. The van der Waals surface area contributed by atoms with Crippen LogP contribution < -0.4 is 165 Å². The molecule has 0 amide bonds. The molecule has 14 aliphatic heterocycles. The predicted molar refractivity (Wildman–Crippen MR) is 533 cm³/mol. The first-order chi connectivity index (χ1) is 65.9. The second-order valence-corrected chi connectivity index (χ2v) is 35.9. The zero-order chi connectivity index (χ0) is 89.0. The van der Waals surface area contributed by atoms with Crippen molar-refractivity contribution in [3.05, 3.63) is 373 Å². The van der Waals surface area contributed by atoms with Gasteiger partial charge >= 0.3 is 0 Å². The third-order valence-corrected chi connectivity index (χ3v) is 27.7. The molecule has 632 valence electrons. The van der Waals surface area contributed by atoms with E-state index in [9.17, 15) is 0 Å².